The molecule has 110 valence electrons. The summed E-state index contributed by atoms with van der Waals surface area (Å²) >= 11 is 0. The summed E-state index contributed by atoms with van der Waals surface area (Å²) in [6.45, 7) is 1.56. The molecule has 6 nitrogen and oxygen atoms in total. The van der Waals surface area contributed by atoms with E-state index in [1.54, 1.807) is 25.1 Å². The predicted octanol–water partition coefficient (Wildman–Crippen LogP) is 2.17. The molecule has 21 heavy (non-hydrogen) atoms. The zero-order valence-electron chi connectivity index (χ0n) is 11.2. The van der Waals surface area contributed by atoms with Crippen molar-refractivity contribution in [3.63, 3.8) is 0 Å². The second-order valence-electron chi connectivity index (χ2n) is 4.52. The van der Waals surface area contributed by atoms with E-state index in [1.807, 2.05) is 0 Å². The van der Waals surface area contributed by atoms with E-state index in [2.05, 4.69) is 0 Å². The molecule has 0 saturated heterocycles. The Labute approximate surface area is 120 Å². The SMILES string of the molecule is Cc1cccc(COC(=O)c2cc(O)c(O)c(O)c2)c1O. The molecular weight excluding hydrogens is 276 g/mol. The van der Waals surface area contributed by atoms with Crippen LogP contribution in [-0.2, 0) is 11.3 Å². The standard InChI is InChI=1S/C15H14O6/c1-8-3-2-4-9(13(8)18)7-21-15(20)10-5-11(16)14(19)12(17)6-10/h2-6,16-19H,7H2,1H3. The van der Waals surface area contributed by atoms with Gasteiger partial charge < -0.3 is 25.2 Å². The molecule has 0 heterocycles. The normalized spacial score (nSPS) is 10.3. The molecule has 2 rings (SSSR count). The number of aryl methyl sites for hydroxylation is 1. The first-order chi connectivity index (χ1) is 9.90. The van der Waals surface area contributed by atoms with Gasteiger partial charge in [-0.3, -0.25) is 0 Å². The van der Waals surface area contributed by atoms with Gasteiger partial charge in [-0.1, -0.05) is 18.2 Å². The molecule has 0 aliphatic heterocycles. The fourth-order valence-electron chi connectivity index (χ4n) is 1.78. The van der Waals surface area contributed by atoms with Gasteiger partial charge in [0, 0.05) is 5.56 Å². The summed E-state index contributed by atoms with van der Waals surface area (Å²) in [6.07, 6.45) is 0. The molecule has 2 aromatic rings. The van der Waals surface area contributed by atoms with Gasteiger partial charge in [0.1, 0.15) is 12.4 Å². The molecule has 4 N–H and O–H groups in total. The highest BCUT2D eigenvalue weighted by Crippen LogP contribution is 2.35. The van der Waals surface area contributed by atoms with Crippen molar-refractivity contribution in [1.82, 2.24) is 0 Å². The van der Waals surface area contributed by atoms with Crippen molar-refractivity contribution in [2.24, 2.45) is 0 Å². The summed E-state index contributed by atoms with van der Waals surface area (Å²) in [5.41, 5.74) is 0.981. The highest BCUT2D eigenvalue weighted by Gasteiger charge is 2.15. The van der Waals surface area contributed by atoms with Gasteiger partial charge >= 0.3 is 5.97 Å². The Morgan fingerprint density at radius 1 is 1.05 bits per heavy atom. The lowest BCUT2D eigenvalue weighted by Crippen LogP contribution is -2.05. The number of carbonyl (C=O) groups is 1. The number of hydrogen-bond acceptors (Lipinski definition) is 6. The molecule has 0 aliphatic rings. The molecule has 2 aromatic carbocycles. The second-order valence-corrected chi connectivity index (χ2v) is 4.52. The molecule has 0 atom stereocenters. The maximum absolute atomic E-state index is 11.8. The largest absolute Gasteiger partial charge is 0.507 e. The molecule has 0 fully saturated rings. The number of benzene rings is 2. The van der Waals surface area contributed by atoms with E-state index in [-0.39, 0.29) is 17.9 Å². The van der Waals surface area contributed by atoms with Crippen LogP contribution in [0, 0.1) is 6.92 Å². The van der Waals surface area contributed by atoms with E-state index >= 15 is 0 Å². The van der Waals surface area contributed by atoms with Gasteiger partial charge in [-0.25, -0.2) is 4.79 Å². The average molecular weight is 290 g/mol. The number of phenols is 4. The van der Waals surface area contributed by atoms with Crippen LogP contribution in [0.3, 0.4) is 0 Å². The monoisotopic (exact) mass is 290 g/mol. The first-order valence-electron chi connectivity index (χ1n) is 6.09. The summed E-state index contributed by atoms with van der Waals surface area (Å²) in [5.74, 6) is -2.72. The molecule has 0 aromatic heterocycles. The highest BCUT2D eigenvalue weighted by molar-refractivity contribution is 5.91. The number of phenolic OH excluding ortho intramolecular Hbond substituents is 4. The van der Waals surface area contributed by atoms with Crippen molar-refractivity contribution < 1.29 is 30.0 Å². The summed E-state index contributed by atoms with van der Waals surface area (Å²) in [7, 11) is 0. The van der Waals surface area contributed by atoms with Gasteiger partial charge in [0.2, 0.25) is 0 Å². The minimum atomic E-state index is -0.804. The van der Waals surface area contributed by atoms with E-state index in [0.717, 1.165) is 12.1 Å². The minimum absolute atomic E-state index is 0.0432. The first-order valence-corrected chi connectivity index (χ1v) is 6.09. The van der Waals surface area contributed by atoms with E-state index < -0.39 is 23.2 Å². The van der Waals surface area contributed by atoms with Crippen LogP contribution in [0.15, 0.2) is 30.3 Å². The molecule has 0 saturated carbocycles. The van der Waals surface area contributed by atoms with E-state index in [1.165, 1.54) is 0 Å². The summed E-state index contributed by atoms with van der Waals surface area (Å²) in [5, 5.41) is 37.7. The Morgan fingerprint density at radius 3 is 2.29 bits per heavy atom. The van der Waals surface area contributed by atoms with Crippen LogP contribution in [0.25, 0.3) is 0 Å². The molecule has 0 amide bonds. The number of ether oxygens (including phenoxy) is 1. The van der Waals surface area contributed by atoms with Crippen LogP contribution < -0.4 is 0 Å². The van der Waals surface area contributed by atoms with Crippen LogP contribution in [0.2, 0.25) is 0 Å². The highest BCUT2D eigenvalue weighted by atomic mass is 16.5. The van der Waals surface area contributed by atoms with Crippen molar-refractivity contribution >= 4 is 5.97 Å². The molecule has 0 spiro atoms. The maximum atomic E-state index is 11.8. The van der Waals surface area contributed by atoms with E-state index in [4.69, 9.17) is 4.74 Å². The number of esters is 1. The quantitative estimate of drug-likeness (QED) is 0.510. The van der Waals surface area contributed by atoms with Crippen molar-refractivity contribution in [2.45, 2.75) is 13.5 Å². The molecular formula is C15H14O6. The lowest BCUT2D eigenvalue weighted by atomic mass is 10.1. The smallest absolute Gasteiger partial charge is 0.338 e. The van der Waals surface area contributed by atoms with Crippen LogP contribution in [0.5, 0.6) is 23.0 Å². The summed E-state index contributed by atoms with van der Waals surface area (Å²) < 4.78 is 5.00. The van der Waals surface area contributed by atoms with Crippen molar-refractivity contribution in [3.8, 4) is 23.0 Å². The third kappa shape index (κ3) is 3.00. The lowest BCUT2D eigenvalue weighted by Gasteiger charge is -2.09. The lowest BCUT2D eigenvalue weighted by molar-refractivity contribution is 0.0469. The fourth-order valence-corrected chi connectivity index (χ4v) is 1.78. The Kier molecular flexibility index (Phi) is 3.89. The molecule has 0 bridgehead atoms. The Hall–Kier alpha value is -2.89. The van der Waals surface area contributed by atoms with Gasteiger partial charge in [0.25, 0.3) is 0 Å². The number of rotatable bonds is 3. The van der Waals surface area contributed by atoms with Gasteiger partial charge in [-0.15, -0.1) is 0 Å². The van der Waals surface area contributed by atoms with Crippen LogP contribution >= 0.6 is 0 Å². The van der Waals surface area contributed by atoms with E-state index in [0.29, 0.717) is 11.1 Å². The average Bonchev–Trinajstić information content (AvgIpc) is 2.45. The van der Waals surface area contributed by atoms with Crippen molar-refractivity contribution in [1.29, 1.82) is 0 Å². The Balaban J connectivity index is 2.14. The zero-order valence-corrected chi connectivity index (χ0v) is 11.2. The van der Waals surface area contributed by atoms with E-state index in [9.17, 15) is 25.2 Å². The minimum Gasteiger partial charge on any atom is -0.507 e. The van der Waals surface area contributed by atoms with Crippen LogP contribution in [0.4, 0.5) is 0 Å². The predicted molar refractivity (Wildman–Crippen MR) is 73.4 cm³/mol. The van der Waals surface area contributed by atoms with Gasteiger partial charge in [0.15, 0.2) is 17.2 Å². The summed E-state index contributed by atoms with van der Waals surface area (Å²) in [6, 6.07) is 7.01. The number of para-hydroxylation sites is 1. The molecule has 6 heteroatoms. The maximum Gasteiger partial charge on any atom is 0.338 e. The van der Waals surface area contributed by atoms with Gasteiger partial charge in [-0.2, -0.15) is 0 Å². The molecule has 0 aliphatic carbocycles. The first kappa shape index (κ1) is 14.5. The van der Waals surface area contributed by atoms with Gasteiger partial charge in [0.05, 0.1) is 5.56 Å². The molecule has 0 radical (unpaired) electrons. The number of hydrogen-bond donors (Lipinski definition) is 4. The fraction of sp³-hybridized carbons (Fsp3) is 0.133. The third-order valence-corrected chi connectivity index (χ3v) is 2.99. The van der Waals surface area contributed by atoms with Crippen molar-refractivity contribution in [2.75, 3.05) is 0 Å². The zero-order chi connectivity index (χ0) is 15.6. The summed E-state index contributed by atoms with van der Waals surface area (Å²) in [4.78, 5) is 11.8. The molecule has 0 unspecified atom stereocenters. The van der Waals surface area contributed by atoms with Crippen molar-refractivity contribution in [3.05, 3.63) is 47.0 Å². The number of carbonyl (C=O) groups excluding carboxylic acids is 1. The second kappa shape index (κ2) is 5.62. The Bertz CT molecular complexity index is 670. The van der Waals surface area contributed by atoms with Crippen LogP contribution in [0.1, 0.15) is 21.5 Å². The third-order valence-electron chi connectivity index (χ3n) is 2.99. The Morgan fingerprint density at radius 2 is 1.67 bits per heavy atom. The topological polar surface area (TPSA) is 107 Å². The number of aromatic hydroxyl groups is 4. The van der Waals surface area contributed by atoms with Gasteiger partial charge in [-0.05, 0) is 24.6 Å². The van der Waals surface area contributed by atoms with Crippen LogP contribution in [-0.4, -0.2) is 26.4 Å².